The summed E-state index contributed by atoms with van der Waals surface area (Å²) in [5, 5.41) is 3.65. The summed E-state index contributed by atoms with van der Waals surface area (Å²) in [4.78, 5) is 11.4. The summed E-state index contributed by atoms with van der Waals surface area (Å²) >= 11 is 0. The van der Waals surface area contributed by atoms with Crippen LogP contribution in [0.3, 0.4) is 0 Å². The highest BCUT2D eigenvalue weighted by atomic mass is 16.4. The maximum absolute atomic E-state index is 5.67. The van der Waals surface area contributed by atoms with E-state index in [1.807, 2.05) is 19.1 Å². The lowest BCUT2D eigenvalue weighted by atomic mass is 10.1. The predicted octanol–water partition coefficient (Wildman–Crippen LogP) is 2.06. The lowest BCUT2D eigenvalue weighted by Crippen LogP contribution is -2.37. The summed E-state index contributed by atoms with van der Waals surface area (Å²) in [5.41, 5.74) is 2.12. The van der Waals surface area contributed by atoms with E-state index in [1.54, 1.807) is 6.20 Å². The third-order valence-electron chi connectivity index (χ3n) is 4.69. The quantitative estimate of drug-likeness (QED) is 0.783. The van der Waals surface area contributed by atoms with E-state index in [0.717, 1.165) is 48.7 Å². The van der Waals surface area contributed by atoms with Crippen molar-refractivity contribution in [3.63, 3.8) is 0 Å². The number of oxazole rings is 1. The van der Waals surface area contributed by atoms with Crippen LogP contribution in [0.1, 0.15) is 24.5 Å². The molecule has 7 heteroatoms. The number of aromatic nitrogens is 3. The Morgan fingerprint density at radius 3 is 2.72 bits per heavy atom. The average Bonchev–Trinajstić information content (AvgIpc) is 3.14. The molecule has 1 fully saturated rings. The molecule has 3 heterocycles. The Hall–Kier alpha value is -2.38. The summed E-state index contributed by atoms with van der Waals surface area (Å²) in [7, 11) is 2.18. The Kier molecular flexibility index (Phi) is 5.06. The zero-order valence-corrected chi connectivity index (χ0v) is 14.7. The number of para-hydroxylation sites is 2. The van der Waals surface area contributed by atoms with Gasteiger partial charge < -0.3 is 24.7 Å². The van der Waals surface area contributed by atoms with Gasteiger partial charge in [0.15, 0.2) is 5.89 Å². The molecule has 3 aromatic rings. The first-order valence-electron chi connectivity index (χ1n) is 8.51. The van der Waals surface area contributed by atoms with Gasteiger partial charge in [-0.15, -0.1) is 0 Å². The first-order chi connectivity index (χ1) is 11.7. The molecule has 0 radical (unpaired) electrons. The average molecular weight is 343 g/mol. The van der Waals surface area contributed by atoms with Crippen molar-refractivity contribution in [3.05, 3.63) is 42.1 Å². The molecule has 0 bridgehead atoms. The summed E-state index contributed by atoms with van der Waals surface area (Å²) in [6.45, 7) is 4.75. The Morgan fingerprint density at radius 1 is 1.24 bits per heavy atom. The molecule has 7 nitrogen and oxygen atoms in total. The molecule has 0 amide bonds. The molecule has 134 valence electrons. The van der Waals surface area contributed by atoms with E-state index in [-0.39, 0.29) is 5.48 Å². The van der Waals surface area contributed by atoms with Crippen molar-refractivity contribution in [2.75, 3.05) is 25.5 Å². The van der Waals surface area contributed by atoms with Gasteiger partial charge >= 0.3 is 0 Å². The second kappa shape index (κ2) is 7.25. The van der Waals surface area contributed by atoms with Gasteiger partial charge in [0, 0.05) is 13.0 Å². The van der Waals surface area contributed by atoms with Crippen molar-refractivity contribution < 1.29 is 9.89 Å². The second-order valence-electron chi connectivity index (χ2n) is 6.58. The fraction of sp³-hybridized carbons (Fsp3) is 0.444. The maximum Gasteiger partial charge on any atom is 0.204 e. The highest BCUT2D eigenvalue weighted by Gasteiger charge is 2.20. The number of likely N-dealkylation sites (tertiary alicyclic amines) is 1. The van der Waals surface area contributed by atoms with E-state index < -0.39 is 0 Å². The van der Waals surface area contributed by atoms with Crippen molar-refractivity contribution in [2.24, 2.45) is 0 Å². The number of nitrogens with one attached hydrogen (secondary N) is 1. The number of nitrogens with zero attached hydrogens (tertiary/aromatic N) is 4. The lowest BCUT2D eigenvalue weighted by Gasteiger charge is -2.29. The van der Waals surface area contributed by atoms with Gasteiger partial charge in [-0.05, 0) is 45.1 Å². The minimum absolute atomic E-state index is 0. The van der Waals surface area contributed by atoms with Crippen LogP contribution in [0.15, 0.2) is 34.9 Å². The Morgan fingerprint density at radius 2 is 2.00 bits per heavy atom. The molecular formula is C18H25N5O2. The van der Waals surface area contributed by atoms with Crippen LogP contribution >= 0.6 is 0 Å². The van der Waals surface area contributed by atoms with Gasteiger partial charge in [-0.25, -0.2) is 9.97 Å². The smallest absolute Gasteiger partial charge is 0.204 e. The van der Waals surface area contributed by atoms with Gasteiger partial charge in [-0.2, -0.15) is 0 Å². The summed E-state index contributed by atoms with van der Waals surface area (Å²) in [6.07, 6.45) is 4.08. The van der Waals surface area contributed by atoms with Crippen LogP contribution in [0.2, 0.25) is 0 Å². The van der Waals surface area contributed by atoms with E-state index in [4.69, 9.17) is 9.40 Å². The molecule has 1 aromatic carbocycles. The normalized spacial score (nSPS) is 16.1. The van der Waals surface area contributed by atoms with Crippen molar-refractivity contribution in [2.45, 2.75) is 32.4 Å². The number of hydrogen-bond donors (Lipinski definition) is 1. The second-order valence-corrected chi connectivity index (χ2v) is 6.58. The SMILES string of the molecule is Cc1ncc(Cn2c(NC3CCN(C)CC3)nc3ccccc32)o1.O. The Bertz CT molecular complexity index is 833. The van der Waals surface area contributed by atoms with E-state index in [2.05, 4.69) is 38.9 Å². The van der Waals surface area contributed by atoms with Crippen LogP contribution < -0.4 is 5.32 Å². The molecule has 0 aliphatic carbocycles. The third kappa shape index (κ3) is 3.67. The fourth-order valence-corrected chi connectivity index (χ4v) is 3.32. The topological polar surface area (TPSA) is 90.6 Å². The number of fused-ring (bicyclic) bond motifs is 1. The van der Waals surface area contributed by atoms with Gasteiger partial charge in [0.2, 0.25) is 5.95 Å². The molecule has 4 rings (SSSR count). The maximum atomic E-state index is 5.67. The minimum atomic E-state index is 0. The van der Waals surface area contributed by atoms with Gasteiger partial charge in [0.25, 0.3) is 0 Å². The van der Waals surface area contributed by atoms with Gasteiger partial charge in [0.05, 0.1) is 23.8 Å². The zero-order valence-electron chi connectivity index (χ0n) is 14.7. The van der Waals surface area contributed by atoms with Crippen LogP contribution in [0.25, 0.3) is 11.0 Å². The molecule has 0 unspecified atom stereocenters. The first kappa shape index (κ1) is 17.4. The summed E-state index contributed by atoms with van der Waals surface area (Å²) in [6, 6.07) is 8.69. The van der Waals surface area contributed by atoms with E-state index in [0.29, 0.717) is 18.5 Å². The number of anilines is 1. The number of rotatable bonds is 4. The number of imidazole rings is 1. The molecule has 0 spiro atoms. The van der Waals surface area contributed by atoms with Crippen molar-refractivity contribution in [1.29, 1.82) is 0 Å². The molecule has 1 aliphatic heterocycles. The molecule has 2 aromatic heterocycles. The highest BCUT2D eigenvalue weighted by molar-refractivity contribution is 5.78. The molecular weight excluding hydrogens is 318 g/mol. The minimum Gasteiger partial charge on any atom is -0.444 e. The van der Waals surface area contributed by atoms with Crippen molar-refractivity contribution in [1.82, 2.24) is 19.4 Å². The van der Waals surface area contributed by atoms with E-state index in [9.17, 15) is 0 Å². The predicted molar refractivity (Wildman–Crippen MR) is 97.8 cm³/mol. The van der Waals surface area contributed by atoms with Crippen LogP contribution in [0, 0.1) is 6.92 Å². The van der Waals surface area contributed by atoms with Crippen molar-refractivity contribution >= 4 is 17.0 Å². The lowest BCUT2D eigenvalue weighted by molar-refractivity contribution is 0.263. The molecule has 0 saturated carbocycles. The zero-order chi connectivity index (χ0) is 16.5. The van der Waals surface area contributed by atoms with Crippen LogP contribution in [0.4, 0.5) is 5.95 Å². The molecule has 0 atom stereocenters. The van der Waals surface area contributed by atoms with Gasteiger partial charge in [-0.1, -0.05) is 12.1 Å². The first-order valence-corrected chi connectivity index (χ1v) is 8.51. The Balaban J connectivity index is 0.00000182. The fourth-order valence-electron chi connectivity index (χ4n) is 3.32. The van der Waals surface area contributed by atoms with E-state index >= 15 is 0 Å². The van der Waals surface area contributed by atoms with Crippen LogP contribution in [-0.4, -0.2) is 51.1 Å². The monoisotopic (exact) mass is 343 g/mol. The number of hydrogen-bond acceptors (Lipinski definition) is 5. The molecule has 3 N–H and O–H groups in total. The third-order valence-corrected chi connectivity index (χ3v) is 4.69. The molecule has 1 aliphatic rings. The molecule has 1 saturated heterocycles. The molecule has 25 heavy (non-hydrogen) atoms. The van der Waals surface area contributed by atoms with Crippen LogP contribution in [-0.2, 0) is 6.54 Å². The number of piperidine rings is 1. The standard InChI is InChI=1S/C18H23N5O.H2O/c1-13-19-11-15(24-13)12-23-17-6-4-3-5-16(17)21-18(23)20-14-7-9-22(2)10-8-14;/h3-6,11,14H,7-10,12H2,1-2H3,(H,20,21);1H2. The van der Waals surface area contributed by atoms with Gasteiger partial charge in [-0.3, -0.25) is 0 Å². The van der Waals surface area contributed by atoms with Gasteiger partial charge in [0.1, 0.15) is 5.76 Å². The van der Waals surface area contributed by atoms with Crippen molar-refractivity contribution in [3.8, 4) is 0 Å². The largest absolute Gasteiger partial charge is 0.444 e. The van der Waals surface area contributed by atoms with Crippen LogP contribution in [0.5, 0.6) is 0 Å². The number of benzene rings is 1. The van der Waals surface area contributed by atoms with E-state index in [1.165, 1.54) is 0 Å². The Labute approximate surface area is 147 Å². The highest BCUT2D eigenvalue weighted by Crippen LogP contribution is 2.23. The summed E-state index contributed by atoms with van der Waals surface area (Å²) in [5.74, 6) is 2.46. The summed E-state index contributed by atoms with van der Waals surface area (Å²) < 4.78 is 7.86. The number of aryl methyl sites for hydroxylation is 1.